The van der Waals surface area contributed by atoms with Crippen molar-refractivity contribution in [3.63, 3.8) is 0 Å². The molecule has 1 unspecified atom stereocenters. The SMILES string of the molecule is CCC/C=C\CCCCCCCC(=O)OCC(COC(=O)CCCCCCCCCCCCCCCCCCCC/C=C\C/C=C\C/C=C\CCCCCCC)OC(=O)CCCCCCCCCCCCCCCCC. The highest BCUT2D eigenvalue weighted by Gasteiger charge is 2.19. The lowest BCUT2D eigenvalue weighted by Gasteiger charge is -2.18. The highest BCUT2D eigenvalue weighted by Crippen LogP contribution is 2.18. The van der Waals surface area contributed by atoms with Gasteiger partial charge in [-0.3, -0.25) is 14.4 Å². The van der Waals surface area contributed by atoms with E-state index in [-0.39, 0.29) is 31.1 Å². The number of carbonyl (C=O) groups excluding carboxylic acids is 3. The first-order chi connectivity index (χ1) is 37.5. The Balaban J connectivity index is 4.05. The maximum Gasteiger partial charge on any atom is 0.306 e. The van der Waals surface area contributed by atoms with Crippen LogP contribution in [-0.2, 0) is 28.6 Å². The lowest BCUT2D eigenvalue weighted by molar-refractivity contribution is -0.167. The molecule has 0 aromatic rings. The van der Waals surface area contributed by atoms with E-state index < -0.39 is 6.10 Å². The summed E-state index contributed by atoms with van der Waals surface area (Å²) in [6.07, 6.45) is 81.5. The van der Waals surface area contributed by atoms with Crippen molar-refractivity contribution in [2.24, 2.45) is 0 Å². The molecule has 0 aliphatic rings. The Morgan fingerprint density at radius 2 is 0.500 bits per heavy atom. The van der Waals surface area contributed by atoms with E-state index in [1.807, 2.05) is 0 Å². The van der Waals surface area contributed by atoms with Gasteiger partial charge in [-0.15, -0.1) is 0 Å². The van der Waals surface area contributed by atoms with Crippen LogP contribution in [0.3, 0.4) is 0 Å². The van der Waals surface area contributed by atoms with Gasteiger partial charge in [-0.1, -0.05) is 313 Å². The van der Waals surface area contributed by atoms with Gasteiger partial charge in [-0.2, -0.15) is 0 Å². The molecule has 444 valence electrons. The second-order valence-corrected chi connectivity index (χ2v) is 22.7. The number of ether oxygens (including phenoxy) is 3. The lowest BCUT2D eigenvalue weighted by atomic mass is 10.0. The van der Waals surface area contributed by atoms with Crippen molar-refractivity contribution in [2.75, 3.05) is 13.2 Å². The van der Waals surface area contributed by atoms with Gasteiger partial charge in [-0.05, 0) is 77.0 Å². The molecule has 0 N–H and O–H groups in total. The van der Waals surface area contributed by atoms with E-state index in [0.717, 1.165) is 83.5 Å². The number of unbranched alkanes of at least 4 members (excludes halogenated alkanes) is 43. The zero-order valence-corrected chi connectivity index (χ0v) is 51.0. The molecule has 0 bridgehead atoms. The third-order valence-electron chi connectivity index (χ3n) is 15.0. The van der Waals surface area contributed by atoms with E-state index in [1.54, 1.807) is 0 Å². The predicted molar refractivity (Wildman–Crippen MR) is 330 cm³/mol. The van der Waals surface area contributed by atoms with Crippen LogP contribution in [0.5, 0.6) is 0 Å². The molecule has 0 radical (unpaired) electrons. The molecule has 0 aromatic heterocycles. The number of hydrogen-bond acceptors (Lipinski definition) is 6. The first kappa shape index (κ1) is 73.4. The van der Waals surface area contributed by atoms with Crippen molar-refractivity contribution in [1.29, 1.82) is 0 Å². The van der Waals surface area contributed by atoms with Crippen LogP contribution in [0.15, 0.2) is 48.6 Å². The average Bonchev–Trinajstić information content (AvgIpc) is 3.42. The highest BCUT2D eigenvalue weighted by atomic mass is 16.6. The number of hydrogen-bond donors (Lipinski definition) is 0. The zero-order valence-electron chi connectivity index (χ0n) is 51.0. The Hall–Kier alpha value is -2.63. The van der Waals surface area contributed by atoms with Crippen LogP contribution in [0.25, 0.3) is 0 Å². The third-order valence-corrected chi connectivity index (χ3v) is 15.0. The van der Waals surface area contributed by atoms with Crippen molar-refractivity contribution >= 4 is 17.9 Å². The van der Waals surface area contributed by atoms with Gasteiger partial charge in [0, 0.05) is 19.3 Å². The maximum atomic E-state index is 12.9. The zero-order chi connectivity index (χ0) is 55.0. The summed E-state index contributed by atoms with van der Waals surface area (Å²) in [4.78, 5) is 38.2. The topological polar surface area (TPSA) is 78.9 Å². The molecule has 0 aromatic carbocycles. The molecule has 0 aliphatic heterocycles. The first-order valence-corrected chi connectivity index (χ1v) is 33.6. The Bertz CT molecular complexity index is 1310. The van der Waals surface area contributed by atoms with E-state index >= 15 is 0 Å². The van der Waals surface area contributed by atoms with E-state index in [1.165, 1.54) is 238 Å². The Morgan fingerprint density at radius 3 is 0.803 bits per heavy atom. The number of esters is 3. The lowest BCUT2D eigenvalue weighted by Crippen LogP contribution is -2.30. The van der Waals surface area contributed by atoms with Crippen LogP contribution in [0, 0.1) is 0 Å². The third kappa shape index (κ3) is 62.2. The molecule has 0 amide bonds. The van der Waals surface area contributed by atoms with E-state index in [2.05, 4.69) is 69.4 Å². The fraction of sp³-hybridized carbons (Fsp3) is 0.843. The summed E-state index contributed by atoms with van der Waals surface area (Å²) in [6, 6.07) is 0. The molecule has 0 heterocycles. The molecule has 0 spiro atoms. The van der Waals surface area contributed by atoms with Gasteiger partial charge < -0.3 is 14.2 Å². The molecule has 76 heavy (non-hydrogen) atoms. The molecular weight excluding hydrogens is 937 g/mol. The Morgan fingerprint density at radius 1 is 0.263 bits per heavy atom. The normalized spacial score (nSPS) is 12.3. The summed E-state index contributed by atoms with van der Waals surface area (Å²) in [7, 11) is 0. The van der Waals surface area contributed by atoms with Gasteiger partial charge in [0.2, 0.25) is 0 Å². The Kier molecular flexibility index (Phi) is 62.6. The number of allylic oxidation sites excluding steroid dienone is 8. The summed E-state index contributed by atoms with van der Waals surface area (Å²) in [5.74, 6) is -0.860. The smallest absolute Gasteiger partial charge is 0.306 e. The average molecular weight is 1070 g/mol. The van der Waals surface area contributed by atoms with Crippen molar-refractivity contribution < 1.29 is 28.6 Å². The van der Waals surface area contributed by atoms with Crippen LogP contribution in [0.1, 0.15) is 361 Å². The molecular formula is C70H128O6. The first-order valence-electron chi connectivity index (χ1n) is 33.6. The highest BCUT2D eigenvalue weighted by molar-refractivity contribution is 5.71. The molecule has 0 saturated heterocycles. The summed E-state index contributed by atoms with van der Waals surface area (Å²) in [6.45, 7) is 6.61. The van der Waals surface area contributed by atoms with Crippen LogP contribution < -0.4 is 0 Å². The predicted octanol–water partition coefficient (Wildman–Crippen LogP) is 22.9. The second-order valence-electron chi connectivity index (χ2n) is 22.7. The summed E-state index contributed by atoms with van der Waals surface area (Å²) in [5.41, 5.74) is 0. The number of rotatable bonds is 62. The van der Waals surface area contributed by atoms with Crippen molar-refractivity contribution in [3.8, 4) is 0 Å². The van der Waals surface area contributed by atoms with E-state index in [4.69, 9.17) is 14.2 Å². The van der Waals surface area contributed by atoms with Crippen LogP contribution in [0.2, 0.25) is 0 Å². The van der Waals surface area contributed by atoms with Gasteiger partial charge >= 0.3 is 17.9 Å². The quantitative estimate of drug-likeness (QED) is 0.0261. The maximum absolute atomic E-state index is 12.9. The van der Waals surface area contributed by atoms with Crippen LogP contribution in [0.4, 0.5) is 0 Å². The van der Waals surface area contributed by atoms with Crippen LogP contribution >= 0.6 is 0 Å². The minimum Gasteiger partial charge on any atom is -0.462 e. The molecule has 0 rings (SSSR count). The minimum absolute atomic E-state index is 0.0705. The standard InChI is InChI=1S/C70H128O6/c1-4-7-10-13-16-19-22-24-26-27-28-29-30-31-32-33-34-35-36-37-38-39-40-41-42-43-45-46-48-51-54-57-60-63-69(72)75-66-67(65-74-68(71)62-59-56-53-50-21-18-15-12-9-6-3)76-70(73)64-61-58-55-52-49-47-44-25-23-20-17-14-11-8-5-2/h12,15,22,24,27-28,30-31,67H,4-11,13-14,16-21,23,25-26,29,32-66H2,1-3H3/b15-12-,24-22-,28-27-,31-30-. The number of carbonyl (C=O) groups is 3. The van der Waals surface area contributed by atoms with E-state index in [0.29, 0.717) is 19.3 Å². The molecule has 0 aliphatic carbocycles. The molecule has 1 atom stereocenters. The monoisotopic (exact) mass is 1060 g/mol. The molecule has 6 nitrogen and oxygen atoms in total. The minimum atomic E-state index is -0.772. The van der Waals surface area contributed by atoms with Crippen LogP contribution in [-0.4, -0.2) is 37.2 Å². The van der Waals surface area contributed by atoms with Crippen molar-refractivity contribution in [3.05, 3.63) is 48.6 Å². The van der Waals surface area contributed by atoms with Gasteiger partial charge in [-0.25, -0.2) is 0 Å². The van der Waals surface area contributed by atoms with Crippen molar-refractivity contribution in [2.45, 2.75) is 367 Å². The molecule has 0 saturated carbocycles. The summed E-state index contributed by atoms with van der Waals surface area (Å²) in [5, 5.41) is 0. The fourth-order valence-electron chi connectivity index (χ4n) is 9.99. The van der Waals surface area contributed by atoms with Gasteiger partial charge in [0.05, 0.1) is 0 Å². The Labute approximate surface area is 473 Å². The largest absolute Gasteiger partial charge is 0.462 e. The van der Waals surface area contributed by atoms with Crippen molar-refractivity contribution in [1.82, 2.24) is 0 Å². The fourth-order valence-corrected chi connectivity index (χ4v) is 9.99. The second kappa shape index (κ2) is 64.9. The summed E-state index contributed by atoms with van der Waals surface area (Å²) < 4.78 is 16.9. The van der Waals surface area contributed by atoms with Gasteiger partial charge in [0.15, 0.2) is 6.10 Å². The molecule has 0 fully saturated rings. The molecule has 6 heteroatoms. The summed E-state index contributed by atoms with van der Waals surface area (Å²) >= 11 is 0. The van der Waals surface area contributed by atoms with E-state index in [9.17, 15) is 14.4 Å². The van der Waals surface area contributed by atoms with Gasteiger partial charge in [0.25, 0.3) is 0 Å². The van der Waals surface area contributed by atoms with Gasteiger partial charge in [0.1, 0.15) is 13.2 Å².